The molecule has 0 bridgehead atoms. The zero-order valence-electron chi connectivity index (χ0n) is 29.1. The van der Waals surface area contributed by atoms with Gasteiger partial charge in [0.1, 0.15) is 0 Å². The number of unbranched alkanes of at least 4 members (excludes halogenated alkanes) is 7. The number of hydrogen-bond donors (Lipinski definition) is 0. The Hall–Kier alpha value is -4.42. The highest BCUT2D eigenvalue weighted by Gasteiger charge is 2.12. The van der Waals surface area contributed by atoms with Gasteiger partial charge in [-0.25, -0.2) is 0 Å². The maximum atomic E-state index is 2.48. The number of rotatable bonds is 15. The van der Waals surface area contributed by atoms with Gasteiger partial charge in [0.25, 0.3) is 0 Å². The summed E-state index contributed by atoms with van der Waals surface area (Å²) < 4.78 is 0. The molecule has 0 heterocycles. The van der Waals surface area contributed by atoms with E-state index in [4.69, 9.17) is 0 Å². The van der Waals surface area contributed by atoms with Crippen LogP contribution in [-0.2, 0) is 6.42 Å². The molecular formula is C47H52. The Morgan fingerprint density at radius 3 is 1.36 bits per heavy atom. The van der Waals surface area contributed by atoms with E-state index in [-0.39, 0.29) is 0 Å². The summed E-state index contributed by atoms with van der Waals surface area (Å²) in [6.45, 7) is 8.88. The molecule has 0 radical (unpaired) electrons. The molecule has 0 aliphatic carbocycles. The van der Waals surface area contributed by atoms with Crippen molar-refractivity contribution in [2.75, 3.05) is 0 Å². The molecule has 5 aromatic rings. The van der Waals surface area contributed by atoms with Crippen molar-refractivity contribution in [3.05, 3.63) is 177 Å². The summed E-state index contributed by atoms with van der Waals surface area (Å²) in [6.07, 6.45) is 16.6. The first kappa shape index (κ1) is 33.9. The summed E-state index contributed by atoms with van der Waals surface area (Å²) >= 11 is 0. The van der Waals surface area contributed by atoms with E-state index < -0.39 is 0 Å². The van der Waals surface area contributed by atoms with Gasteiger partial charge < -0.3 is 0 Å². The second-order valence-electron chi connectivity index (χ2n) is 13.2. The molecule has 0 aromatic heterocycles. The predicted molar refractivity (Wildman–Crippen MR) is 207 cm³/mol. The zero-order valence-corrected chi connectivity index (χ0v) is 29.1. The van der Waals surface area contributed by atoms with Crippen LogP contribution in [0.1, 0.15) is 114 Å². The number of aryl methyl sites for hydroxylation is 4. The van der Waals surface area contributed by atoms with E-state index in [1.807, 2.05) is 0 Å². The third-order valence-electron chi connectivity index (χ3n) is 9.32. The van der Waals surface area contributed by atoms with E-state index in [0.29, 0.717) is 0 Å². The Morgan fingerprint density at radius 1 is 0.447 bits per heavy atom. The molecule has 0 aliphatic heterocycles. The smallest absolute Gasteiger partial charge is 0.0105 e. The lowest BCUT2D eigenvalue weighted by Gasteiger charge is -2.16. The number of hydrogen-bond acceptors (Lipinski definition) is 0. The SMILES string of the molecule is CCCCCCCCCCc1cc(/C=C(\c2ccccc2)c2ccc(C)cc2)c(C)cc1/C=C(\c1ccccc1)c1ccc(C)cc1. The first-order valence-corrected chi connectivity index (χ1v) is 17.8. The normalized spacial score (nSPS) is 12.0. The zero-order chi connectivity index (χ0) is 32.8. The van der Waals surface area contributed by atoms with Crippen LogP contribution in [0, 0.1) is 20.8 Å². The number of benzene rings is 5. The lowest BCUT2D eigenvalue weighted by molar-refractivity contribution is 0.575. The van der Waals surface area contributed by atoms with Gasteiger partial charge in [0.2, 0.25) is 0 Å². The van der Waals surface area contributed by atoms with Crippen LogP contribution in [0.25, 0.3) is 23.3 Å². The molecular weight excluding hydrogens is 565 g/mol. The van der Waals surface area contributed by atoms with Gasteiger partial charge >= 0.3 is 0 Å². The van der Waals surface area contributed by atoms with Gasteiger partial charge in [0, 0.05) is 0 Å². The third-order valence-corrected chi connectivity index (χ3v) is 9.32. The van der Waals surface area contributed by atoms with E-state index in [9.17, 15) is 0 Å². The van der Waals surface area contributed by atoms with Crippen LogP contribution in [0.15, 0.2) is 121 Å². The maximum absolute atomic E-state index is 2.48. The van der Waals surface area contributed by atoms with Gasteiger partial charge in [-0.15, -0.1) is 0 Å². The molecule has 0 aliphatic rings. The minimum absolute atomic E-state index is 1.09. The largest absolute Gasteiger partial charge is 0.0654 e. The molecule has 0 N–H and O–H groups in total. The van der Waals surface area contributed by atoms with Crippen molar-refractivity contribution in [1.29, 1.82) is 0 Å². The van der Waals surface area contributed by atoms with Crippen molar-refractivity contribution in [2.45, 2.75) is 85.5 Å². The van der Waals surface area contributed by atoms with E-state index in [2.05, 4.69) is 161 Å². The van der Waals surface area contributed by atoms with Gasteiger partial charge in [-0.3, -0.25) is 0 Å². The fraction of sp³-hybridized carbons (Fsp3) is 0.277. The van der Waals surface area contributed by atoms with Crippen LogP contribution in [0.3, 0.4) is 0 Å². The molecule has 0 saturated heterocycles. The molecule has 5 rings (SSSR count). The molecule has 0 fully saturated rings. The lowest BCUT2D eigenvalue weighted by Crippen LogP contribution is -1.97. The fourth-order valence-corrected chi connectivity index (χ4v) is 6.43. The van der Waals surface area contributed by atoms with Crippen LogP contribution in [0.2, 0.25) is 0 Å². The van der Waals surface area contributed by atoms with Crippen molar-refractivity contribution in [2.24, 2.45) is 0 Å². The van der Waals surface area contributed by atoms with Crippen molar-refractivity contribution in [1.82, 2.24) is 0 Å². The Morgan fingerprint density at radius 2 is 0.872 bits per heavy atom. The summed E-state index contributed by atoms with van der Waals surface area (Å²) in [7, 11) is 0. The first-order chi connectivity index (χ1) is 23.0. The van der Waals surface area contributed by atoms with Crippen molar-refractivity contribution in [3.63, 3.8) is 0 Å². The molecule has 0 unspecified atom stereocenters. The van der Waals surface area contributed by atoms with E-state index in [1.54, 1.807) is 0 Å². The Labute approximate surface area is 284 Å². The average molecular weight is 617 g/mol. The molecule has 5 aromatic carbocycles. The second kappa shape index (κ2) is 17.5. The van der Waals surface area contributed by atoms with Crippen molar-refractivity contribution < 1.29 is 0 Å². The highest BCUT2D eigenvalue weighted by Crippen LogP contribution is 2.32. The molecule has 0 heteroatoms. The van der Waals surface area contributed by atoms with Crippen molar-refractivity contribution >= 4 is 23.3 Å². The van der Waals surface area contributed by atoms with Gasteiger partial charge in [-0.05, 0) is 101 Å². The summed E-state index contributed by atoms with van der Waals surface area (Å²) in [6, 6.07) is 44.6. The van der Waals surface area contributed by atoms with Gasteiger partial charge in [-0.2, -0.15) is 0 Å². The first-order valence-electron chi connectivity index (χ1n) is 17.8. The Kier molecular flexibility index (Phi) is 12.6. The van der Waals surface area contributed by atoms with Crippen LogP contribution in [0.5, 0.6) is 0 Å². The van der Waals surface area contributed by atoms with Gasteiger partial charge in [0.15, 0.2) is 0 Å². The molecule has 47 heavy (non-hydrogen) atoms. The predicted octanol–water partition coefficient (Wildman–Crippen LogP) is 13.5. The monoisotopic (exact) mass is 616 g/mol. The molecule has 240 valence electrons. The lowest BCUT2D eigenvalue weighted by atomic mass is 9.89. The van der Waals surface area contributed by atoms with Crippen LogP contribution in [0.4, 0.5) is 0 Å². The van der Waals surface area contributed by atoms with Crippen LogP contribution in [-0.4, -0.2) is 0 Å². The van der Waals surface area contributed by atoms with Crippen LogP contribution < -0.4 is 0 Å². The molecule has 0 spiro atoms. The highest BCUT2D eigenvalue weighted by atomic mass is 14.2. The van der Waals surface area contributed by atoms with E-state index in [1.165, 1.54) is 118 Å². The van der Waals surface area contributed by atoms with Crippen LogP contribution >= 0.6 is 0 Å². The summed E-state index contributed by atoms with van der Waals surface area (Å²) in [4.78, 5) is 0. The van der Waals surface area contributed by atoms with Gasteiger partial charge in [0.05, 0.1) is 0 Å². The molecule has 0 saturated carbocycles. The molecule has 0 atom stereocenters. The van der Waals surface area contributed by atoms with Gasteiger partial charge in [-0.1, -0.05) is 184 Å². The van der Waals surface area contributed by atoms with Crippen molar-refractivity contribution in [3.8, 4) is 0 Å². The molecule has 0 amide bonds. The summed E-state index contributed by atoms with van der Waals surface area (Å²) in [5.74, 6) is 0. The van der Waals surface area contributed by atoms with E-state index >= 15 is 0 Å². The Balaban J connectivity index is 1.57. The average Bonchev–Trinajstić information content (AvgIpc) is 3.10. The summed E-state index contributed by atoms with van der Waals surface area (Å²) in [5, 5.41) is 0. The highest BCUT2D eigenvalue weighted by molar-refractivity contribution is 5.94. The topological polar surface area (TPSA) is 0 Å². The summed E-state index contributed by atoms with van der Waals surface area (Å²) in [5.41, 5.74) is 15.5. The fourth-order valence-electron chi connectivity index (χ4n) is 6.43. The third kappa shape index (κ3) is 9.79. The minimum atomic E-state index is 1.09. The quantitative estimate of drug-likeness (QED) is 0.0811. The standard InChI is InChI=1S/C47H52/c1-5-6-7-8-9-10-11-14-23-43-33-44(34-46(39-19-15-12-16-20-39)41-28-24-36(2)25-29-41)38(4)32-45(43)35-47(40-21-17-13-18-22-40)42-30-26-37(3)27-31-42/h12-13,15-22,24-35H,5-11,14,23H2,1-4H3/b46-34+,47-35+. The molecule has 0 nitrogen and oxygen atoms in total. The Bertz CT molecular complexity index is 1730. The second-order valence-corrected chi connectivity index (χ2v) is 13.2. The maximum Gasteiger partial charge on any atom is -0.0105 e. The minimum Gasteiger partial charge on any atom is -0.0654 e. The van der Waals surface area contributed by atoms with E-state index in [0.717, 1.165) is 6.42 Å².